The van der Waals surface area contributed by atoms with Gasteiger partial charge in [0, 0.05) is 21.7 Å². The molecule has 1 saturated carbocycles. The lowest BCUT2D eigenvalue weighted by molar-refractivity contribution is -0.116. The number of nitrogens with one attached hydrogen (secondary N) is 1. The number of hydrogen-bond acceptors (Lipinski definition) is 2. The van der Waals surface area contributed by atoms with E-state index in [1.54, 1.807) is 0 Å². The van der Waals surface area contributed by atoms with Crippen LogP contribution in [-0.4, -0.2) is 11.9 Å². The lowest BCUT2D eigenvalue weighted by atomic mass is 10.1. The molecule has 0 aliphatic heterocycles. The number of nitrogens with two attached hydrogens (primary N) is 1. The molecular formula is C13H17IN2O. The van der Waals surface area contributed by atoms with Crippen molar-refractivity contribution in [3.05, 3.63) is 27.3 Å². The third kappa shape index (κ3) is 3.67. The molecule has 4 heteroatoms. The molecule has 0 saturated heterocycles. The number of amides is 1. The number of hydrogen-bond donors (Lipinski definition) is 2. The minimum Gasteiger partial charge on any atom is -0.327 e. The van der Waals surface area contributed by atoms with Crippen molar-refractivity contribution in [2.75, 3.05) is 5.32 Å². The van der Waals surface area contributed by atoms with Gasteiger partial charge in [-0.3, -0.25) is 4.79 Å². The van der Waals surface area contributed by atoms with Crippen molar-refractivity contribution in [2.24, 2.45) is 11.7 Å². The topological polar surface area (TPSA) is 55.1 Å². The summed E-state index contributed by atoms with van der Waals surface area (Å²) in [6, 6.07) is 6.01. The third-order valence-corrected chi connectivity index (χ3v) is 3.78. The first-order valence-electron chi connectivity index (χ1n) is 5.88. The summed E-state index contributed by atoms with van der Waals surface area (Å²) in [4.78, 5) is 11.8. The summed E-state index contributed by atoms with van der Waals surface area (Å²) in [6.07, 6.45) is 2.78. The summed E-state index contributed by atoms with van der Waals surface area (Å²) < 4.78 is 1.17. The largest absolute Gasteiger partial charge is 0.327 e. The van der Waals surface area contributed by atoms with Crippen molar-refractivity contribution in [1.82, 2.24) is 0 Å². The zero-order chi connectivity index (χ0) is 12.4. The minimum atomic E-state index is 0.0220. The molecule has 1 aliphatic rings. The molecule has 0 bridgehead atoms. The first-order chi connectivity index (χ1) is 8.06. The van der Waals surface area contributed by atoms with E-state index in [-0.39, 0.29) is 11.9 Å². The highest BCUT2D eigenvalue weighted by Gasteiger charge is 2.29. The molecule has 1 fully saturated rings. The van der Waals surface area contributed by atoms with Crippen molar-refractivity contribution < 1.29 is 4.79 Å². The molecule has 1 atom stereocenters. The molecule has 0 heterocycles. The number of halogens is 1. The summed E-state index contributed by atoms with van der Waals surface area (Å²) in [5.41, 5.74) is 7.91. The van der Waals surface area contributed by atoms with E-state index in [4.69, 9.17) is 5.73 Å². The van der Waals surface area contributed by atoms with Crippen LogP contribution in [0.25, 0.3) is 0 Å². The first-order valence-corrected chi connectivity index (χ1v) is 6.95. The van der Waals surface area contributed by atoms with Crippen LogP contribution in [0.1, 0.15) is 24.8 Å². The number of anilines is 1. The molecule has 1 aliphatic carbocycles. The highest BCUT2D eigenvalue weighted by Crippen LogP contribution is 2.32. The zero-order valence-electron chi connectivity index (χ0n) is 9.87. The Balaban J connectivity index is 1.92. The fourth-order valence-corrected chi connectivity index (χ4v) is 2.52. The quantitative estimate of drug-likeness (QED) is 0.825. The Morgan fingerprint density at radius 3 is 2.88 bits per heavy atom. The number of carbonyl (C=O) groups is 1. The van der Waals surface area contributed by atoms with Crippen LogP contribution < -0.4 is 11.1 Å². The molecule has 17 heavy (non-hydrogen) atoms. The minimum absolute atomic E-state index is 0.0220. The predicted molar refractivity (Wildman–Crippen MR) is 77.8 cm³/mol. The SMILES string of the molecule is Cc1cc(I)ccc1NC(=O)CC(N)C1CC1. The monoisotopic (exact) mass is 344 g/mol. The Morgan fingerprint density at radius 2 is 2.29 bits per heavy atom. The molecule has 1 aromatic carbocycles. The Kier molecular flexibility index (Phi) is 4.04. The summed E-state index contributed by atoms with van der Waals surface area (Å²) in [7, 11) is 0. The van der Waals surface area contributed by atoms with Crippen molar-refractivity contribution in [3.8, 4) is 0 Å². The smallest absolute Gasteiger partial charge is 0.225 e. The Morgan fingerprint density at radius 1 is 1.59 bits per heavy atom. The predicted octanol–water partition coefficient (Wildman–Crippen LogP) is 2.67. The van der Waals surface area contributed by atoms with Gasteiger partial charge in [-0.25, -0.2) is 0 Å². The summed E-state index contributed by atoms with van der Waals surface area (Å²) in [6.45, 7) is 2.00. The van der Waals surface area contributed by atoms with E-state index < -0.39 is 0 Å². The lowest BCUT2D eigenvalue weighted by Crippen LogP contribution is -2.29. The number of aryl methyl sites for hydroxylation is 1. The first kappa shape index (κ1) is 12.8. The van der Waals surface area contributed by atoms with Crippen molar-refractivity contribution >= 4 is 34.2 Å². The highest BCUT2D eigenvalue weighted by atomic mass is 127. The van der Waals surface area contributed by atoms with Crippen LogP contribution in [0.15, 0.2) is 18.2 Å². The van der Waals surface area contributed by atoms with Crippen molar-refractivity contribution in [2.45, 2.75) is 32.2 Å². The van der Waals surface area contributed by atoms with Gasteiger partial charge in [0.2, 0.25) is 5.91 Å². The van der Waals surface area contributed by atoms with Gasteiger partial charge >= 0.3 is 0 Å². The molecule has 3 N–H and O–H groups in total. The molecule has 1 amide bonds. The van der Waals surface area contributed by atoms with E-state index in [0.717, 1.165) is 11.3 Å². The second-order valence-electron chi connectivity index (χ2n) is 4.71. The van der Waals surface area contributed by atoms with Gasteiger partial charge in [-0.1, -0.05) is 0 Å². The molecule has 92 valence electrons. The van der Waals surface area contributed by atoms with Gasteiger partial charge in [-0.15, -0.1) is 0 Å². The van der Waals surface area contributed by atoms with E-state index >= 15 is 0 Å². The standard InChI is InChI=1S/C13H17IN2O/c1-8-6-10(14)4-5-12(8)16-13(17)7-11(15)9-2-3-9/h4-6,9,11H,2-3,7,15H2,1H3,(H,16,17). The van der Waals surface area contributed by atoms with Gasteiger partial charge in [0.25, 0.3) is 0 Å². The second-order valence-corrected chi connectivity index (χ2v) is 5.96. The van der Waals surface area contributed by atoms with E-state index in [1.807, 2.05) is 19.1 Å². The molecular weight excluding hydrogens is 327 g/mol. The normalized spacial score (nSPS) is 16.6. The number of carbonyl (C=O) groups excluding carboxylic acids is 1. The number of rotatable bonds is 4. The van der Waals surface area contributed by atoms with Crippen LogP contribution in [-0.2, 0) is 4.79 Å². The van der Waals surface area contributed by atoms with Gasteiger partial charge in [-0.05, 0) is 72.0 Å². The maximum Gasteiger partial charge on any atom is 0.225 e. The Hall–Kier alpha value is -0.620. The van der Waals surface area contributed by atoms with Crippen LogP contribution in [0.4, 0.5) is 5.69 Å². The van der Waals surface area contributed by atoms with Gasteiger partial charge in [0.15, 0.2) is 0 Å². The van der Waals surface area contributed by atoms with Crippen LogP contribution in [0.3, 0.4) is 0 Å². The van der Waals surface area contributed by atoms with Crippen molar-refractivity contribution in [3.63, 3.8) is 0 Å². The summed E-state index contributed by atoms with van der Waals surface area (Å²) >= 11 is 2.26. The molecule has 2 rings (SSSR count). The van der Waals surface area contributed by atoms with E-state index in [9.17, 15) is 4.79 Å². The summed E-state index contributed by atoms with van der Waals surface area (Å²) in [5, 5.41) is 2.93. The van der Waals surface area contributed by atoms with Gasteiger partial charge in [0.05, 0.1) is 0 Å². The van der Waals surface area contributed by atoms with Crippen LogP contribution in [0.5, 0.6) is 0 Å². The van der Waals surface area contributed by atoms with Gasteiger partial charge < -0.3 is 11.1 Å². The van der Waals surface area contributed by atoms with E-state index in [2.05, 4.69) is 34.0 Å². The number of benzene rings is 1. The third-order valence-electron chi connectivity index (χ3n) is 3.11. The lowest BCUT2D eigenvalue weighted by Gasteiger charge is -2.12. The molecule has 0 radical (unpaired) electrons. The van der Waals surface area contributed by atoms with Crippen LogP contribution >= 0.6 is 22.6 Å². The van der Waals surface area contributed by atoms with Gasteiger partial charge in [-0.2, -0.15) is 0 Å². The molecule has 0 aromatic heterocycles. The fourth-order valence-electron chi connectivity index (χ4n) is 1.87. The van der Waals surface area contributed by atoms with Crippen LogP contribution in [0, 0.1) is 16.4 Å². The Bertz CT molecular complexity index is 429. The van der Waals surface area contributed by atoms with E-state index in [0.29, 0.717) is 12.3 Å². The maximum atomic E-state index is 11.8. The molecule has 1 aromatic rings. The summed E-state index contributed by atoms with van der Waals surface area (Å²) in [5.74, 6) is 0.590. The Labute approximate surface area is 115 Å². The average molecular weight is 344 g/mol. The maximum absolute atomic E-state index is 11.8. The second kappa shape index (κ2) is 5.35. The zero-order valence-corrected chi connectivity index (χ0v) is 12.0. The van der Waals surface area contributed by atoms with Crippen LogP contribution in [0.2, 0.25) is 0 Å². The highest BCUT2D eigenvalue weighted by molar-refractivity contribution is 14.1. The van der Waals surface area contributed by atoms with Crippen molar-refractivity contribution in [1.29, 1.82) is 0 Å². The van der Waals surface area contributed by atoms with E-state index in [1.165, 1.54) is 16.4 Å². The molecule has 1 unspecified atom stereocenters. The molecule has 0 spiro atoms. The van der Waals surface area contributed by atoms with Gasteiger partial charge in [0.1, 0.15) is 0 Å². The average Bonchev–Trinajstić information content (AvgIpc) is 3.05. The molecule has 3 nitrogen and oxygen atoms in total. The fraction of sp³-hybridized carbons (Fsp3) is 0.462.